The molecule has 0 aromatic carbocycles. The van der Waals surface area contributed by atoms with Crippen molar-refractivity contribution >= 4 is 23.3 Å². The Morgan fingerprint density at radius 1 is 1.45 bits per heavy atom. The molecule has 1 saturated carbocycles. The largest absolute Gasteiger partial charge is 0.409 e. The van der Waals surface area contributed by atoms with E-state index in [9.17, 15) is 8.78 Å². The minimum absolute atomic E-state index is 0.0715. The molecule has 0 aliphatic heterocycles. The number of alkyl halides is 2. The van der Waals surface area contributed by atoms with Crippen LogP contribution in [0, 0.1) is 0 Å². The molecule has 1 fully saturated rings. The number of hydrogen-bond donors (Lipinski definition) is 3. The Kier molecular flexibility index (Phi) is 4.22. The van der Waals surface area contributed by atoms with Crippen LogP contribution in [-0.2, 0) is 0 Å². The number of aromatic nitrogens is 2. The zero-order chi connectivity index (χ0) is 14.8. The van der Waals surface area contributed by atoms with Crippen molar-refractivity contribution in [3.8, 4) is 0 Å². The first-order valence-electron chi connectivity index (χ1n) is 6.06. The summed E-state index contributed by atoms with van der Waals surface area (Å²) < 4.78 is 26.1. The highest BCUT2D eigenvalue weighted by Gasteiger charge is 2.34. The van der Waals surface area contributed by atoms with Crippen molar-refractivity contribution in [1.82, 2.24) is 9.97 Å². The molecule has 1 aromatic heterocycles. The summed E-state index contributed by atoms with van der Waals surface area (Å²) in [5.74, 6) is -2.42. The van der Waals surface area contributed by atoms with Gasteiger partial charge in [0, 0.05) is 24.9 Å². The average molecular weight is 306 g/mol. The molecular weight excluding hydrogens is 292 g/mol. The lowest BCUT2D eigenvalue weighted by Crippen LogP contribution is -2.32. The molecule has 2 rings (SSSR count). The second-order valence-electron chi connectivity index (χ2n) is 4.67. The van der Waals surface area contributed by atoms with Gasteiger partial charge in [-0.15, -0.1) is 0 Å². The van der Waals surface area contributed by atoms with Crippen LogP contribution in [0.25, 0.3) is 0 Å². The normalized spacial score (nSPS) is 19.9. The van der Waals surface area contributed by atoms with Gasteiger partial charge < -0.3 is 16.3 Å². The summed E-state index contributed by atoms with van der Waals surface area (Å²) >= 11 is 5.74. The summed E-state index contributed by atoms with van der Waals surface area (Å²) in [6.07, 6.45) is 0.369. The van der Waals surface area contributed by atoms with Gasteiger partial charge in [-0.05, 0) is 24.4 Å². The van der Waals surface area contributed by atoms with Gasteiger partial charge in [0.05, 0.1) is 0 Å². The topological polar surface area (TPSA) is 96.4 Å². The van der Waals surface area contributed by atoms with Crippen LogP contribution in [0.5, 0.6) is 0 Å². The molecule has 0 saturated heterocycles. The van der Waals surface area contributed by atoms with E-state index in [0.29, 0.717) is 18.7 Å². The Morgan fingerprint density at radius 3 is 2.70 bits per heavy atom. The van der Waals surface area contributed by atoms with Gasteiger partial charge in [0.15, 0.2) is 5.84 Å². The quantitative estimate of drug-likeness (QED) is 0.261. The number of halogens is 3. The molecule has 0 radical (unpaired) electrons. The maximum atomic E-state index is 13.1. The van der Waals surface area contributed by atoms with Crippen molar-refractivity contribution in [1.29, 1.82) is 0 Å². The number of amidine groups is 1. The summed E-state index contributed by atoms with van der Waals surface area (Å²) in [7, 11) is 0. The lowest BCUT2D eigenvalue weighted by molar-refractivity contribution is -0.0361. The molecule has 0 amide bonds. The summed E-state index contributed by atoms with van der Waals surface area (Å²) in [4.78, 5) is 7.74. The maximum Gasteiger partial charge on any atom is 0.248 e. The van der Waals surface area contributed by atoms with E-state index in [1.165, 1.54) is 6.07 Å². The highest BCUT2D eigenvalue weighted by atomic mass is 35.5. The van der Waals surface area contributed by atoms with Crippen molar-refractivity contribution in [2.24, 2.45) is 10.9 Å². The SMILES string of the molecule is N/C(=N\O)c1cc(NC2CCC(F)(F)CC2)nc(Cl)n1. The zero-order valence-electron chi connectivity index (χ0n) is 10.5. The fourth-order valence-corrected chi connectivity index (χ4v) is 2.25. The Balaban J connectivity index is 2.08. The molecule has 9 heteroatoms. The van der Waals surface area contributed by atoms with Crippen molar-refractivity contribution in [3.05, 3.63) is 17.0 Å². The summed E-state index contributed by atoms with van der Waals surface area (Å²) in [5, 5.41) is 14.4. The van der Waals surface area contributed by atoms with Crippen LogP contribution >= 0.6 is 11.6 Å². The summed E-state index contributed by atoms with van der Waals surface area (Å²) in [5.41, 5.74) is 5.59. The van der Waals surface area contributed by atoms with Gasteiger partial charge in [0.1, 0.15) is 11.5 Å². The summed E-state index contributed by atoms with van der Waals surface area (Å²) in [6.45, 7) is 0. The number of nitrogens with zero attached hydrogens (tertiary/aromatic N) is 3. The Hall–Kier alpha value is -1.70. The van der Waals surface area contributed by atoms with Crippen LogP contribution in [0.15, 0.2) is 11.2 Å². The zero-order valence-corrected chi connectivity index (χ0v) is 11.2. The fraction of sp³-hybridized carbons (Fsp3) is 0.545. The maximum absolute atomic E-state index is 13.1. The Bertz CT molecular complexity index is 516. The van der Waals surface area contributed by atoms with Gasteiger partial charge >= 0.3 is 0 Å². The van der Waals surface area contributed by atoms with E-state index in [1.807, 2.05) is 0 Å². The molecule has 0 atom stereocenters. The van der Waals surface area contributed by atoms with Crippen LogP contribution in [-0.4, -0.2) is 33.0 Å². The second kappa shape index (κ2) is 5.74. The molecule has 4 N–H and O–H groups in total. The fourth-order valence-electron chi connectivity index (χ4n) is 2.07. The Labute approximate surface area is 119 Å². The lowest BCUT2D eigenvalue weighted by Gasteiger charge is -2.29. The molecule has 0 spiro atoms. The molecule has 1 aliphatic rings. The van der Waals surface area contributed by atoms with E-state index in [2.05, 4.69) is 20.4 Å². The van der Waals surface area contributed by atoms with Crippen molar-refractivity contribution in [3.63, 3.8) is 0 Å². The van der Waals surface area contributed by atoms with Crippen molar-refractivity contribution in [2.75, 3.05) is 5.32 Å². The number of hydrogen-bond acceptors (Lipinski definition) is 5. The Morgan fingerprint density at radius 2 is 2.10 bits per heavy atom. The van der Waals surface area contributed by atoms with Crippen LogP contribution in [0.1, 0.15) is 31.4 Å². The molecule has 0 unspecified atom stereocenters. The molecule has 1 aliphatic carbocycles. The minimum Gasteiger partial charge on any atom is -0.409 e. The highest BCUT2D eigenvalue weighted by Crippen LogP contribution is 2.34. The first kappa shape index (κ1) is 14.7. The molecule has 20 heavy (non-hydrogen) atoms. The van der Waals surface area contributed by atoms with Gasteiger partial charge in [-0.25, -0.2) is 18.7 Å². The van der Waals surface area contributed by atoms with Crippen LogP contribution in [0.4, 0.5) is 14.6 Å². The number of oxime groups is 1. The molecule has 1 heterocycles. The third kappa shape index (κ3) is 3.66. The van der Waals surface area contributed by atoms with E-state index in [1.54, 1.807) is 0 Å². The highest BCUT2D eigenvalue weighted by molar-refractivity contribution is 6.28. The molecular formula is C11H14ClF2N5O. The first-order valence-corrected chi connectivity index (χ1v) is 6.44. The molecule has 110 valence electrons. The third-order valence-electron chi connectivity index (χ3n) is 3.14. The predicted molar refractivity (Wildman–Crippen MR) is 70.4 cm³/mol. The molecule has 6 nitrogen and oxygen atoms in total. The van der Waals surface area contributed by atoms with Crippen LogP contribution in [0.2, 0.25) is 5.28 Å². The first-order chi connectivity index (χ1) is 9.39. The van der Waals surface area contributed by atoms with E-state index in [4.69, 9.17) is 22.5 Å². The summed E-state index contributed by atoms with van der Waals surface area (Å²) in [6, 6.07) is 1.34. The minimum atomic E-state index is -2.58. The number of nitrogens with one attached hydrogen (secondary N) is 1. The van der Waals surface area contributed by atoms with E-state index in [-0.39, 0.29) is 35.7 Å². The van der Waals surface area contributed by atoms with Gasteiger partial charge in [0.25, 0.3) is 0 Å². The molecule has 1 aromatic rings. The third-order valence-corrected chi connectivity index (χ3v) is 3.31. The second-order valence-corrected chi connectivity index (χ2v) is 5.01. The van der Waals surface area contributed by atoms with E-state index >= 15 is 0 Å². The van der Waals surface area contributed by atoms with E-state index < -0.39 is 5.92 Å². The number of anilines is 1. The van der Waals surface area contributed by atoms with Crippen molar-refractivity contribution in [2.45, 2.75) is 37.6 Å². The monoisotopic (exact) mass is 305 g/mol. The standard InChI is InChI=1S/C11H14ClF2N5O/c12-10-17-7(9(15)19-20)5-8(18-10)16-6-1-3-11(13,14)4-2-6/h5-6,20H,1-4H2,(H2,15,19)(H,16,17,18). The van der Waals surface area contributed by atoms with Crippen LogP contribution in [0.3, 0.4) is 0 Å². The van der Waals surface area contributed by atoms with Gasteiger partial charge in [-0.3, -0.25) is 0 Å². The number of nitrogens with two attached hydrogens (primary N) is 1. The average Bonchev–Trinajstić information content (AvgIpc) is 2.39. The van der Waals surface area contributed by atoms with Gasteiger partial charge in [-0.1, -0.05) is 5.16 Å². The smallest absolute Gasteiger partial charge is 0.248 e. The molecule has 0 bridgehead atoms. The van der Waals surface area contributed by atoms with E-state index in [0.717, 1.165) is 0 Å². The van der Waals surface area contributed by atoms with Gasteiger partial charge in [0.2, 0.25) is 11.2 Å². The predicted octanol–water partition coefficient (Wildman–Crippen LogP) is 2.21. The number of rotatable bonds is 3. The van der Waals surface area contributed by atoms with Gasteiger partial charge in [-0.2, -0.15) is 0 Å². The lowest BCUT2D eigenvalue weighted by atomic mass is 9.92. The van der Waals surface area contributed by atoms with Crippen molar-refractivity contribution < 1.29 is 14.0 Å². The van der Waals surface area contributed by atoms with Crippen LogP contribution < -0.4 is 11.1 Å².